The summed E-state index contributed by atoms with van der Waals surface area (Å²) >= 11 is 3.27. The van der Waals surface area contributed by atoms with Crippen LogP contribution in [0.2, 0.25) is 0 Å². The van der Waals surface area contributed by atoms with Crippen molar-refractivity contribution in [1.29, 1.82) is 0 Å². The Kier molecular flexibility index (Phi) is 5.63. The summed E-state index contributed by atoms with van der Waals surface area (Å²) in [6.07, 6.45) is 7.88. The Bertz CT molecular complexity index is 738. The molecule has 0 spiro atoms. The van der Waals surface area contributed by atoms with Gasteiger partial charge in [0.15, 0.2) is 0 Å². The number of nitrogens with zero attached hydrogens (tertiary/aromatic N) is 4. The minimum absolute atomic E-state index is 0.0176. The van der Waals surface area contributed by atoms with Gasteiger partial charge in [-0.15, -0.1) is 23.5 Å². The minimum atomic E-state index is 0.0176. The first-order valence-corrected chi connectivity index (χ1v) is 11.0. The third-order valence-corrected chi connectivity index (χ3v) is 7.19. The van der Waals surface area contributed by atoms with Gasteiger partial charge in [-0.25, -0.2) is 0 Å². The summed E-state index contributed by atoms with van der Waals surface area (Å²) in [6, 6.07) is 7.82. The van der Waals surface area contributed by atoms with Crippen molar-refractivity contribution in [2.75, 3.05) is 24.6 Å². The van der Waals surface area contributed by atoms with Gasteiger partial charge >= 0.3 is 0 Å². The van der Waals surface area contributed by atoms with Crippen molar-refractivity contribution in [2.24, 2.45) is 0 Å². The van der Waals surface area contributed by atoms with Gasteiger partial charge in [-0.05, 0) is 18.6 Å². The molecule has 27 heavy (non-hydrogen) atoms. The summed E-state index contributed by atoms with van der Waals surface area (Å²) in [4.78, 5) is 36.8. The molecule has 4 rings (SSSR count). The number of aromatic nitrogens is 2. The molecule has 0 saturated carbocycles. The van der Waals surface area contributed by atoms with E-state index in [2.05, 4.69) is 9.97 Å². The Balaban J connectivity index is 1.39. The second-order valence-corrected chi connectivity index (χ2v) is 8.56. The van der Waals surface area contributed by atoms with E-state index < -0.39 is 0 Å². The number of carbonyl (C=O) groups excluding carboxylic acids is 2. The molecule has 2 aromatic heterocycles. The summed E-state index contributed by atoms with van der Waals surface area (Å²) < 4.78 is 0. The molecule has 2 fully saturated rings. The molecule has 2 aromatic rings. The molecule has 0 N–H and O–H groups in total. The van der Waals surface area contributed by atoms with Crippen LogP contribution in [0.25, 0.3) is 0 Å². The molecule has 2 saturated heterocycles. The molecule has 4 heterocycles. The summed E-state index contributed by atoms with van der Waals surface area (Å²) in [7, 11) is 0. The molecule has 2 atom stereocenters. The lowest BCUT2D eigenvalue weighted by atomic mass is 10.2. The van der Waals surface area contributed by atoms with Gasteiger partial charge in [0.2, 0.25) is 11.8 Å². The molecular weight excluding hydrogens is 380 g/mol. The Morgan fingerprint density at radius 3 is 1.74 bits per heavy atom. The fraction of sp³-hybridized carbons (Fsp3) is 0.368. The van der Waals surface area contributed by atoms with Crippen molar-refractivity contribution in [1.82, 2.24) is 19.8 Å². The molecule has 8 heteroatoms. The number of carbonyl (C=O) groups is 2. The van der Waals surface area contributed by atoms with Gasteiger partial charge in [0, 0.05) is 49.0 Å². The molecule has 0 bridgehead atoms. The van der Waals surface area contributed by atoms with Crippen LogP contribution < -0.4 is 0 Å². The zero-order chi connectivity index (χ0) is 18.6. The highest BCUT2D eigenvalue weighted by Gasteiger charge is 2.35. The van der Waals surface area contributed by atoms with Crippen LogP contribution in [-0.4, -0.2) is 56.2 Å². The van der Waals surface area contributed by atoms with Crippen molar-refractivity contribution in [3.63, 3.8) is 0 Å². The van der Waals surface area contributed by atoms with Gasteiger partial charge < -0.3 is 9.80 Å². The Hall–Kier alpha value is -2.06. The molecule has 140 valence electrons. The second kappa shape index (κ2) is 8.31. The number of rotatable bonds is 6. The molecule has 6 nitrogen and oxygen atoms in total. The van der Waals surface area contributed by atoms with Gasteiger partial charge in [0.05, 0.1) is 11.5 Å². The van der Waals surface area contributed by atoms with Crippen molar-refractivity contribution in [2.45, 2.75) is 17.2 Å². The Morgan fingerprint density at radius 1 is 0.852 bits per heavy atom. The van der Waals surface area contributed by atoms with Crippen LogP contribution in [-0.2, 0) is 9.59 Å². The van der Waals surface area contributed by atoms with Crippen LogP contribution in [0.3, 0.4) is 0 Å². The van der Waals surface area contributed by atoms with E-state index in [1.54, 1.807) is 35.9 Å². The maximum Gasteiger partial charge on any atom is 0.233 e. The average Bonchev–Trinajstić information content (AvgIpc) is 3.26. The fourth-order valence-corrected chi connectivity index (χ4v) is 5.80. The standard InChI is InChI=1S/C19H20N4O2S2/c24-16-12-26-18(14-4-1-6-20-10-14)22(16)8-3-9-23-17(25)13-27-19(23)15-5-2-7-21-11-15/h1-2,4-7,10-11,18-19H,3,8-9,12-13H2/t18-,19-/m1/s1. The van der Waals surface area contributed by atoms with Gasteiger partial charge in [-0.3, -0.25) is 19.6 Å². The van der Waals surface area contributed by atoms with Gasteiger partial charge in [-0.2, -0.15) is 0 Å². The average molecular weight is 401 g/mol. The van der Waals surface area contributed by atoms with Crippen molar-refractivity contribution in [3.05, 3.63) is 60.2 Å². The van der Waals surface area contributed by atoms with E-state index in [9.17, 15) is 9.59 Å². The summed E-state index contributed by atoms with van der Waals surface area (Å²) in [5.41, 5.74) is 2.10. The first kappa shape index (κ1) is 18.3. The van der Waals surface area contributed by atoms with Crippen LogP contribution >= 0.6 is 23.5 Å². The third kappa shape index (κ3) is 3.96. The first-order chi connectivity index (χ1) is 13.2. The highest BCUT2D eigenvalue weighted by Crippen LogP contribution is 2.40. The van der Waals surface area contributed by atoms with E-state index in [0.717, 1.165) is 17.5 Å². The summed E-state index contributed by atoms with van der Waals surface area (Å²) in [5, 5.41) is 0.0351. The monoisotopic (exact) mass is 400 g/mol. The Morgan fingerprint density at radius 2 is 1.33 bits per heavy atom. The van der Waals surface area contributed by atoms with Crippen LogP contribution in [0.4, 0.5) is 0 Å². The zero-order valence-corrected chi connectivity index (χ0v) is 16.4. The number of pyridine rings is 2. The molecule has 2 amide bonds. The van der Waals surface area contributed by atoms with Crippen molar-refractivity contribution >= 4 is 35.3 Å². The smallest absolute Gasteiger partial charge is 0.233 e. The molecule has 0 unspecified atom stereocenters. The predicted octanol–water partition coefficient (Wildman–Crippen LogP) is 2.71. The van der Waals surface area contributed by atoms with E-state index in [-0.39, 0.29) is 22.6 Å². The number of amides is 2. The molecular formula is C19H20N4O2S2. The lowest BCUT2D eigenvalue weighted by Gasteiger charge is -2.27. The van der Waals surface area contributed by atoms with E-state index in [4.69, 9.17) is 0 Å². The summed E-state index contributed by atoms with van der Waals surface area (Å²) in [5.74, 6) is 1.30. The zero-order valence-electron chi connectivity index (χ0n) is 14.7. The van der Waals surface area contributed by atoms with Crippen LogP contribution in [0.1, 0.15) is 28.3 Å². The minimum Gasteiger partial charge on any atom is -0.326 e. The van der Waals surface area contributed by atoms with Crippen LogP contribution in [0, 0.1) is 0 Å². The number of hydrogen-bond acceptors (Lipinski definition) is 6. The lowest BCUT2D eigenvalue weighted by Crippen LogP contribution is -2.34. The molecule has 0 radical (unpaired) electrons. The van der Waals surface area contributed by atoms with E-state index in [0.29, 0.717) is 24.6 Å². The second-order valence-electron chi connectivity index (χ2n) is 6.43. The lowest BCUT2D eigenvalue weighted by molar-refractivity contribution is -0.128. The third-order valence-electron chi connectivity index (χ3n) is 4.67. The van der Waals surface area contributed by atoms with Gasteiger partial charge in [-0.1, -0.05) is 12.1 Å². The normalized spacial score (nSPS) is 22.7. The molecule has 0 aliphatic carbocycles. The SMILES string of the molecule is O=C1CS[C@H](c2cccnc2)N1CCCN1C(=O)CS[C@@H]1c1cccnc1. The highest BCUT2D eigenvalue weighted by atomic mass is 32.2. The Labute approximate surface area is 166 Å². The molecule has 2 aliphatic rings. The van der Waals surface area contributed by atoms with E-state index >= 15 is 0 Å². The predicted molar refractivity (Wildman–Crippen MR) is 107 cm³/mol. The number of thioether (sulfide) groups is 2. The van der Waals surface area contributed by atoms with Crippen LogP contribution in [0.15, 0.2) is 49.1 Å². The molecule has 0 aromatic carbocycles. The van der Waals surface area contributed by atoms with Gasteiger partial charge in [0.25, 0.3) is 0 Å². The first-order valence-electron chi connectivity index (χ1n) is 8.86. The maximum atomic E-state index is 12.3. The fourth-order valence-electron chi connectivity index (χ4n) is 3.40. The summed E-state index contributed by atoms with van der Waals surface area (Å²) in [6.45, 7) is 1.28. The molecule has 2 aliphatic heterocycles. The van der Waals surface area contributed by atoms with Crippen molar-refractivity contribution in [3.8, 4) is 0 Å². The number of hydrogen-bond donors (Lipinski definition) is 0. The van der Waals surface area contributed by atoms with Crippen LogP contribution in [0.5, 0.6) is 0 Å². The van der Waals surface area contributed by atoms with Gasteiger partial charge in [0.1, 0.15) is 10.7 Å². The van der Waals surface area contributed by atoms with E-state index in [1.807, 2.05) is 46.5 Å². The largest absolute Gasteiger partial charge is 0.326 e. The quantitative estimate of drug-likeness (QED) is 0.743. The topological polar surface area (TPSA) is 66.4 Å². The maximum absolute atomic E-state index is 12.3. The van der Waals surface area contributed by atoms with E-state index in [1.165, 1.54) is 0 Å². The highest BCUT2D eigenvalue weighted by molar-refractivity contribution is 8.00. The van der Waals surface area contributed by atoms with Crippen molar-refractivity contribution < 1.29 is 9.59 Å².